The molecule has 0 heterocycles. The zero-order chi connectivity index (χ0) is 48.9. The minimum Gasteiger partial charge on any atom is -0.493 e. The van der Waals surface area contributed by atoms with Crippen molar-refractivity contribution in [2.45, 2.75) is 142 Å². The molecule has 5 rings (SSSR count). The van der Waals surface area contributed by atoms with Crippen LogP contribution >= 0.6 is 11.6 Å². The van der Waals surface area contributed by atoms with Gasteiger partial charge < -0.3 is 18.9 Å². The Bertz CT molecular complexity index is 2370. The first kappa shape index (κ1) is 54.1. The summed E-state index contributed by atoms with van der Waals surface area (Å²) in [5, 5.41) is 0.135. The lowest BCUT2D eigenvalue weighted by atomic mass is 10.1. The Morgan fingerprint density at radius 2 is 0.841 bits per heavy atom. The van der Waals surface area contributed by atoms with Crippen LogP contribution in [0.25, 0.3) is 0 Å². The number of carbonyl (C=O) groups excluding carboxylic acids is 2. The maximum absolute atomic E-state index is 14.8. The topological polar surface area (TPSA) is 95.8 Å². The summed E-state index contributed by atoms with van der Waals surface area (Å²) in [6, 6.07) is 26.5. The molecule has 0 bridgehead atoms. The zero-order valence-electron chi connectivity index (χ0n) is 40.5. The van der Waals surface area contributed by atoms with Crippen molar-refractivity contribution >= 4 is 47.3 Å². The fraction of sp³-hybridized carbons (Fsp3) is 0.414. The van der Waals surface area contributed by atoms with Crippen LogP contribution in [0.2, 0.25) is 5.02 Å². The minimum absolute atomic E-state index is 0.00326. The molecule has 0 N–H and O–H groups in total. The maximum atomic E-state index is 14.8. The summed E-state index contributed by atoms with van der Waals surface area (Å²) in [7, 11) is 0. The molecule has 0 spiro atoms. The van der Waals surface area contributed by atoms with E-state index in [0.717, 1.165) is 25.7 Å². The highest BCUT2D eigenvalue weighted by Crippen LogP contribution is 2.31. The fourth-order valence-electron chi connectivity index (χ4n) is 7.57. The van der Waals surface area contributed by atoms with Gasteiger partial charge in [0.25, 0.3) is 0 Å². The standard InChI is InChI=1S/C58H69ClF2N2O6/c1-3-5-7-9-11-13-15-17-19-21-37-66-48-32-35-54(52(60)39-48)62-42-44-23-27-46(28-24-44)57(64)68-50-31-34-51(59)56(41-50)69-58(65)47-29-25-45(26-30-47)43-63-55-36-33-49(40-53(55)61)67-38-22-20-18-16-14-12-10-8-6-4-2/h23-36,39-43H,3-22,37-38H2,1-2H3. The van der Waals surface area contributed by atoms with E-state index in [1.165, 1.54) is 145 Å². The van der Waals surface area contributed by atoms with Crippen molar-refractivity contribution in [1.29, 1.82) is 0 Å². The summed E-state index contributed by atoms with van der Waals surface area (Å²) in [5.74, 6) is -1.28. The van der Waals surface area contributed by atoms with Gasteiger partial charge in [0.2, 0.25) is 0 Å². The molecule has 0 aliphatic carbocycles. The third-order valence-electron chi connectivity index (χ3n) is 11.7. The Morgan fingerprint density at radius 3 is 1.25 bits per heavy atom. The average molecular weight is 964 g/mol. The molecule has 0 aliphatic rings. The van der Waals surface area contributed by atoms with Crippen LogP contribution in [0.15, 0.2) is 113 Å². The summed E-state index contributed by atoms with van der Waals surface area (Å²) in [4.78, 5) is 34.7. The van der Waals surface area contributed by atoms with Gasteiger partial charge in [0.1, 0.15) is 17.2 Å². The Morgan fingerprint density at radius 1 is 0.464 bits per heavy atom. The average Bonchev–Trinajstić information content (AvgIpc) is 3.35. The molecule has 11 heteroatoms. The molecular formula is C58H69ClF2N2O6. The summed E-state index contributed by atoms with van der Waals surface area (Å²) in [5.41, 5.74) is 2.10. The molecule has 368 valence electrons. The quantitative estimate of drug-likeness (QED) is 0.0184. The first-order valence-electron chi connectivity index (χ1n) is 25.1. The highest BCUT2D eigenvalue weighted by atomic mass is 35.5. The molecule has 0 fully saturated rings. The van der Waals surface area contributed by atoms with Crippen molar-refractivity contribution in [3.05, 3.63) is 142 Å². The van der Waals surface area contributed by atoms with Crippen molar-refractivity contribution in [2.24, 2.45) is 9.98 Å². The van der Waals surface area contributed by atoms with Crippen molar-refractivity contribution in [1.82, 2.24) is 0 Å². The van der Waals surface area contributed by atoms with Crippen LogP contribution in [0.3, 0.4) is 0 Å². The maximum Gasteiger partial charge on any atom is 0.343 e. The Balaban J connectivity index is 1.02. The second-order valence-electron chi connectivity index (χ2n) is 17.4. The highest BCUT2D eigenvalue weighted by molar-refractivity contribution is 6.32. The van der Waals surface area contributed by atoms with Crippen LogP contribution in [0.5, 0.6) is 23.0 Å². The molecule has 5 aromatic carbocycles. The molecule has 0 aliphatic heterocycles. The number of hydrogen-bond acceptors (Lipinski definition) is 8. The second-order valence-corrected chi connectivity index (χ2v) is 17.8. The molecular weight excluding hydrogens is 894 g/mol. The number of ether oxygens (including phenoxy) is 4. The molecule has 0 amide bonds. The highest BCUT2D eigenvalue weighted by Gasteiger charge is 2.15. The monoisotopic (exact) mass is 962 g/mol. The largest absolute Gasteiger partial charge is 0.493 e. The van der Waals surface area contributed by atoms with Gasteiger partial charge in [-0.2, -0.15) is 0 Å². The van der Waals surface area contributed by atoms with E-state index in [0.29, 0.717) is 35.8 Å². The Labute approximate surface area is 413 Å². The third kappa shape index (κ3) is 20.3. The number of esters is 2. The van der Waals surface area contributed by atoms with E-state index in [2.05, 4.69) is 23.8 Å². The second kappa shape index (κ2) is 31.3. The molecule has 0 saturated heterocycles. The van der Waals surface area contributed by atoms with Crippen molar-refractivity contribution in [3.8, 4) is 23.0 Å². The summed E-state index contributed by atoms with van der Waals surface area (Å²) >= 11 is 6.35. The van der Waals surface area contributed by atoms with Crippen LogP contribution < -0.4 is 18.9 Å². The number of halogens is 3. The van der Waals surface area contributed by atoms with Crippen LogP contribution in [0.4, 0.5) is 20.2 Å². The number of rotatable bonds is 32. The predicted octanol–water partition coefficient (Wildman–Crippen LogP) is 17.2. The van der Waals surface area contributed by atoms with Crippen LogP contribution in [-0.4, -0.2) is 37.6 Å². The van der Waals surface area contributed by atoms with Gasteiger partial charge >= 0.3 is 11.9 Å². The number of nitrogens with zero attached hydrogens (tertiary/aromatic N) is 2. The number of unbranched alkanes of at least 4 members (excludes halogenated alkanes) is 18. The molecule has 0 radical (unpaired) electrons. The van der Waals surface area contributed by atoms with Crippen LogP contribution in [0.1, 0.15) is 174 Å². The van der Waals surface area contributed by atoms with Gasteiger partial charge in [0.05, 0.1) is 40.7 Å². The van der Waals surface area contributed by atoms with E-state index in [1.807, 2.05) is 0 Å². The molecule has 0 aromatic heterocycles. The van der Waals surface area contributed by atoms with E-state index in [1.54, 1.807) is 72.8 Å². The van der Waals surface area contributed by atoms with Gasteiger partial charge in [-0.25, -0.2) is 18.4 Å². The van der Waals surface area contributed by atoms with Gasteiger partial charge in [-0.1, -0.05) is 165 Å². The molecule has 0 saturated carbocycles. The normalized spacial score (nSPS) is 11.4. The summed E-state index contributed by atoms with van der Waals surface area (Å²) < 4.78 is 52.3. The number of hydrogen-bond donors (Lipinski definition) is 0. The first-order chi connectivity index (χ1) is 33.7. The molecule has 0 atom stereocenters. The van der Waals surface area contributed by atoms with Crippen LogP contribution in [-0.2, 0) is 0 Å². The zero-order valence-corrected chi connectivity index (χ0v) is 41.3. The molecule has 69 heavy (non-hydrogen) atoms. The van der Waals surface area contributed by atoms with Gasteiger partial charge in [-0.15, -0.1) is 0 Å². The van der Waals surface area contributed by atoms with Gasteiger partial charge in [0, 0.05) is 30.6 Å². The SMILES string of the molecule is CCCCCCCCCCCCOc1ccc(N=Cc2ccc(C(=O)Oc3ccc(Cl)c(OC(=O)c4ccc(C=Nc5ccc(OCCCCCCCCCCCC)cc5F)cc4)c3)cc2)c(F)c1. The summed E-state index contributed by atoms with van der Waals surface area (Å²) in [6.07, 6.45) is 27.8. The van der Waals surface area contributed by atoms with E-state index in [9.17, 15) is 18.4 Å². The molecule has 5 aromatic rings. The predicted molar refractivity (Wildman–Crippen MR) is 276 cm³/mol. The van der Waals surface area contributed by atoms with Gasteiger partial charge in [0.15, 0.2) is 17.4 Å². The molecule has 8 nitrogen and oxygen atoms in total. The first-order valence-corrected chi connectivity index (χ1v) is 25.5. The van der Waals surface area contributed by atoms with E-state index in [4.69, 9.17) is 30.5 Å². The molecule has 0 unspecified atom stereocenters. The van der Waals surface area contributed by atoms with E-state index in [-0.39, 0.29) is 39.0 Å². The smallest absolute Gasteiger partial charge is 0.343 e. The number of aliphatic imine (C=N–C) groups is 2. The number of benzene rings is 5. The minimum atomic E-state index is -0.690. The third-order valence-corrected chi connectivity index (χ3v) is 12.0. The van der Waals surface area contributed by atoms with Crippen molar-refractivity contribution in [3.63, 3.8) is 0 Å². The lowest BCUT2D eigenvalue weighted by molar-refractivity contribution is 0.0732. The van der Waals surface area contributed by atoms with Crippen LogP contribution in [0, 0.1) is 11.6 Å². The summed E-state index contributed by atoms with van der Waals surface area (Å²) in [6.45, 7) is 5.57. The lowest BCUT2D eigenvalue weighted by Crippen LogP contribution is -2.10. The van der Waals surface area contributed by atoms with E-state index < -0.39 is 23.6 Å². The Hall–Kier alpha value is -5.87. The van der Waals surface area contributed by atoms with E-state index >= 15 is 0 Å². The van der Waals surface area contributed by atoms with Crippen molar-refractivity contribution < 1.29 is 37.3 Å². The number of carbonyl (C=O) groups is 2. The van der Waals surface area contributed by atoms with Crippen molar-refractivity contribution in [2.75, 3.05) is 13.2 Å². The Kier molecular flexibility index (Phi) is 24.5. The lowest BCUT2D eigenvalue weighted by Gasteiger charge is -2.10. The van der Waals surface area contributed by atoms with Gasteiger partial charge in [-0.05, 0) is 84.6 Å². The fourth-order valence-corrected chi connectivity index (χ4v) is 7.73. The van der Waals surface area contributed by atoms with Gasteiger partial charge in [-0.3, -0.25) is 9.98 Å².